The number of alkyl halides is 1. The number of nitrogens with one attached hydrogen (secondary N) is 1. The Balaban J connectivity index is 1.43. The first-order valence-corrected chi connectivity index (χ1v) is 19.4. The number of aryl methyl sites for hydroxylation is 1. The van der Waals surface area contributed by atoms with E-state index in [9.17, 15) is 14.7 Å². The predicted molar refractivity (Wildman–Crippen MR) is 210 cm³/mol. The first-order valence-electron chi connectivity index (χ1n) is 18.1. The van der Waals surface area contributed by atoms with Gasteiger partial charge >= 0.3 is 5.97 Å². The number of esters is 1. The number of hydrogen-bond donors (Lipinski definition) is 2. The number of nitrogens with zero attached hydrogens (tertiary/aromatic N) is 2. The number of carbonyl (C=O) groups excluding carboxylic acids is 4. The molecule has 1 spiro atoms. The summed E-state index contributed by atoms with van der Waals surface area (Å²) in [6.07, 6.45) is 2.48. The molecular weight excluding hydrogens is 774 g/mol. The van der Waals surface area contributed by atoms with E-state index in [4.69, 9.17) is 21.1 Å². The largest absolute Gasteiger partial charge is 0.455 e. The number of likely N-dealkylation sites (tertiary alicyclic amines) is 1. The normalized spacial score (nSPS) is 25.7. The molecule has 3 saturated heterocycles. The highest BCUT2D eigenvalue weighted by Gasteiger charge is 2.78. The first-order chi connectivity index (χ1) is 26.0. The summed E-state index contributed by atoms with van der Waals surface area (Å²) in [5.74, 6) is -4.14. The number of fused-ring (bicyclic) bond motifs is 1. The minimum atomic E-state index is -1.47. The Morgan fingerprint density at radius 2 is 1.74 bits per heavy atom. The Bertz CT molecular complexity index is 1880. The summed E-state index contributed by atoms with van der Waals surface area (Å²) in [6, 6.07) is 20.6. The van der Waals surface area contributed by atoms with E-state index < -0.39 is 77.0 Å². The lowest BCUT2D eigenvalue weighted by Crippen LogP contribution is -2.57. The number of aliphatic hydroxyl groups is 1. The van der Waals surface area contributed by atoms with Crippen LogP contribution >= 0.6 is 27.5 Å². The van der Waals surface area contributed by atoms with Crippen LogP contribution in [0.5, 0.6) is 0 Å². The molecule has 3 amide bonds. The van der Waals surface area contributed by atoms with Gasteiger partial charge in [0.1, 0.15) is 17.7 Å². The number of rotatable bonds is 15. The van der Waals surface area contributed by atoms with Gasteiger partial charge < -0.3 is 29.7 Å². The molecule has 10 nitrogen and oxygen atoms in total. The van der Waals surface area contributed by atoms with Crippen LogP contribution in [-0.4, -0.2) is 75.5 Å². The van der Waals surface area contributed by atoms with Crippen molar-refractivity contribution in [2.24, 2.45) is 11.8 Å². The number of aliphatic hydroxyl groups excluding tert-OH is 1. The molecule has 0 aromatic heterocycles. The lowest BCUT2D eigenvalue weighted by Gasteiger charge is -2.40. The van der Waals surface area contributed by atoms with Crippen LogP contribution in [-0.2, 0) is 28.7 Å². The third-order valence-corrected chi connectivity index (χ3v) is 11.9. The zero-order chi connectivity index (χ0) is 38.7. The van der Waals surface area contributed by atoms with Crippen LogP contribution in [0.25, 0.3) is 0 Å². The molecule has 6 rings (SSSR count). The standard InChI is InChI=1S/C42H45BrClN3O7/c1-5-7-21-32(49)45-26(4)36(28-18-12-9-13-19-28)53-41(52)33-34-39(50)47(31(24-48)27-16-10-8-11-17-27)38(42(34)23-29(43)37(33)54-42)40(51)46(22-6-2)35-25(3)15-14-20-30(35)44/h5-6,8-20,26,29,31,33-34,36-38,48H,1-2,7,21-24H2,3-4H3,(H,45,49)/t26-,29?,31+,33+,34-,36-,37+,38+,42-/m0/s1. The highest BCUT2D eigenvalue weighted by molar-refractivity contribution is 9.09. The van der Waals surface area contributed by atoms with E-state index in [0.29, 0.717) is 28.3 Å². The minimum Gasteiger partial charge on any atom is -0.455 e. The Morgan fingerprint density at radius 3 is 2.35 bits per heavy atom. The Kier molecular flexibility index (Phi) is 12.1. The fraction of sp³-hybridized carbons (Fsp3) is 0.381. The number of amides is 3. The van der Waals surface area contributed by atoms with Gasteiger partial charge in [-0.2, -0.15) is 0 Å². The maximum Gasteiger partial charge on any atom is 0.313 e. The van der Waals surface area contributed by atoms with E-state index in [-0.39, 0.29) is 25.3 Å². The second-order valence-electron chi connectivity index (χ2n) is 14.1. The van der Waals surface area contributed by atoms with Crippen molar-refractivity contribution >= 4 is 56.9 Å². The number of anilines is 1. The van der Waals surface area contributed by atoms with E-state index in [0.717, 1.165) is 5.56 Å². The molecule has 0 radical (unpaired) electrons. The van der Waals surface area contributed by atoms with Crippen molar-refractivity contribution in [3.05, 3.63) is 126 Å². The van der Waals surface area contributed by atoms with Crippen molar-refractivity contribution in [1.82, 2.24) is 10.2 Å². The zero-order valence-corrected chi connectivity index (χ0v) is 32.6. The third kappa shape index (κ3) is 7.14. The van der Waals surface area contributed by atoms with Crippen LogP contribution < -0.4 is 10.2 Å². The van der Waals surface area contributed by atoms with Crippen LogP contribution in [0.15, 0.2) is 104 Å². The summed E-state index contributed by atoms with van der Waals surface area (Å²) in [5.41, 5.74) is 0.994. The Morgan fingerprint density at radius 1 is 1.07 bits per heavy atom. The van der Waals surface area contributed by atoms with Gasteiger partial charge in [0.05, 0.1) is 47.3 Å². The second kappa shape index (κ2) is 16.6. The van der Waals surface area contributed by atoms with Crippen molar-refractivity contribution in [2.75, 3.05) is 18.1 Å². The third-order valence-electron chi connectivity index (χ3n) is 10.8. The van der Waals surface area contributed by atoms with E-state index in [1.165, 1.54) is 9.80 Å². The van der Waals surface area contributed by atoms with E-state index in [1.807, 2.05) is 49.4 Å². The lowest BCUT2D eigenvalue weighted by molar-refractivity contribution is -0.162. The highest BCUT2D eigenvalue weighted by Crippen LogP contribution is 2.62. The molecule has 284 valence electrons. The van der Waals surface area contributed by atoms with Gasteiger partial charge in [0.2, 0.25) is 11.8 Å². The van der Waals surface area contributed by atoms with Crippen LogP contribution in [0.3, 0.4) is 0 Å². The number of para-hydroxylation sites is 1. The number of benzene rings is 3. The topological polar surface area (TPSA) is 125 Å². The number of ether oxygens (including phenoxy) is 2. The monoisotopic (exact) mass is 817 g/mol. The number of halogens is 2. The van der Waals surface area contributed by atoms with Gasteiger partial charge in [0.25, 0.3) is 5.91 Å². The van der Waals surface area contributed by atoms with Gasteiger partial charge in [-0.3, -0.25) is 19.2 Å². The van der Waals surface area contributed by atoms with Crippen LogP contribution in [0.4, 0.5) is 5.69 Å². The SMILES string of the molecule is C=CCCC(=O)N[C@@H](C)[C@H](OC(=O)[C@H]1[C@@H]2O[C@@]3(CC2Br)[C@@H]1C(=O)N([C@H](CO)c1ccccc1)[C@@H]3C(=O)N(CC=C)c1c(C)cccc1Cl)c1ccccc1. The average Bonchev–Trinajstić information content (AvgIpc) is 3.76. The molecule has 3 fully saturated rings. The van der Waals surface area contributed by atoms with E-state index in [2.05, 4.69) is 34.4 Å². The molecule has 3 aromatic rings. The van der Waals surface area contributed by atoms with Crippen molar-refractivity contribution in [3.8, 4) is 0 Å². The van der Waals surface area contributed by atoms with Crippen LogP contribution in [0.1, 0.15) is 55.0 Å². The summed E-state index contributed by atoms with van der Waals surface area (Å²) in [6.45, 7) is 10.8. The van der Waals surface area contributed by atoms with Crippen molar-refractivity contribution in [2.45, 2.75) is 73.9 Å². The Labute approximate surface area is 329 Å². The summed E-state index contributed by atoms with van der Waals surface area (Å²) < 4.78 is 13.1. The van der Waals surface area contributed by atoms with Crippen molar-refractivity contribution < 1.29 is 33.8 Å². The molecule has 2 bridgehead atoms. The van der Waals surface area contributed by atoms with E-state index >= 15 is 9.59 Å². The summed E-state index contributed by atoms with van der Waals surface area (Å²) >= 11 is 10.5. The molecule has 2 N–H and O–H groups in total. The van der Waals surface area contributed by atoms with Gasteiger partial charge in [-0.15, -0.1) is 13.2 Å². The first kappa shape index (κ1) is 39.4. The summed E-state index contributed by atoms with van der Waals surface area (Å²) in [7, 11) is 0. The number of hydrogen-bond acceptors (Lipinski definition) is 7. The molecule has 3 aliphatic rings. The fourth-order valence-corrected chi connectivity index (χ4v) is 9.72. The van der Waals surface area contributed by atoms with Gasteiger partial charge in [-0.1, -0.05) is 112 Å². The molecular formula is C42H45BrClN3O7. The molecule has 0 saturated carbocycles. The predicted octanol–water partition coefficient (Wildman–Crippen LogP) is 6.40. The minimum absolute atomic E-state index is 0.0691. The van der Waals surface area contributed by atoms with Crippen molar-refractivity contribution in [3.63, 3.8) is 0 Å². The summed E-state index contributed by atoms with van der Waals surface area (Å²) in [5, 5.41) is 14.2. The zero-order valence-electron chi connectivity index (χ0n) is 30.3. The molecule has 3 aliphatic heterocycles. The van der Waals surface area contributed by atoms with Gasteiger partial charge in [0.15, 0.2) is 0 Å². The lowest BCUT2D eigenvalue weighted by atomic mass is 9.70. The summed E-state index contributed by atoms with van der Waals surface area (Å²) in [4.78, 5) is 60.3. The average molecular weight is 819 g/mol. The van der Waals surface area contributed by atoms with E-state index in [1.54, 1.807) is 55.5 Å². The Hall–Kier alpha value is -4.29. The molecule has 12 heteroatoms. The number of carbonyl (C=O) groups is 4. The molecule has 3 heterocycles. The molecule has 9 atom stereocenters. The van der Waals surface area contributed by atoms with Crippen LogP contribution in [0, 0.1) is 18.8 Å². The maximum absolute atomic E-state index is 15.3. The number of allylic oxidation sites excluding steroid dienone is 1. The molecule has 1 unspecified atom stereocenters. The second-order valence-corrected chi connectivity index (χ2v) is 15.7. The van der Waals surface area contributed by atoms with Crippen molar-refractivity contribution in [1.29, 1.82) is 0 Å². The smallest absolute Gasteiger partial charge is 0.313 e. The van der Waals surface area contributed by atoms with Gasteiger partial charge in [0, 0.05) is 17.8 Å². The highest BCUT2D eigenvalue weighted by atomic mass is 79.9. The molecule has 0 aliphatic carbocycles. The molecule has 3 aromatic carbocycles. The molecule has 54 heavy (non-hydrogen) atoms. The fourth-order valence-electron chi connectivity index (χ4n) is 8.45. The van der Waals surface area contributed by atoms with Gasteiger partial charge in [-0.25, -0.2) is 0 Å². The van der Waals surface area contributed by atoms with Gasteiger partial charge in [-0.05, 0) is 49.4 Å². The van der Waals surface area contributed by atoms with Crippen LogP contribution in [0.2, 0.25) is 5.02 Å². The quantitative estimate of drug-likeness (QED) is 0.103. The maximum atomic E-state index is 15.3.